The zero-order valence-electron chi connectivity index (χ0n) is 20.0. The Morgan fingerprint density at radius 2 is 1.65 bits per heavy atom. The van der Waals surface area contributed by atoms with E-state index in [0.717, 1.165) is 14.3 Å². The van der Waals surface area contributed by atoms with Crippen LogP contribution in [-0.4, -0.2) is 17.1 Å². The summed E-state index contributed by atoms with van der Waals surface area (Å²) in [6.45, 7) is 1.80. The largest absolute Gasteiger partial charge is 0.508 e. The van der Waals surface area contributed by atoms with Crippen LogP contribution < -0.4 is 16.4 Å². The number of anilines is 3. The molecule has 0 aliphatic rings. The number of phenolic OH excluding ortho intramolecular Hbond substituents is 1. The van der Waals surface area contributed by atoms with Crippen molar-refractivity contribution in [1.29, 1.82) is 0 Å². The average Bonchev–Trinajstić information content (AvgIpc) is 2.89. The Hall–Kier alpha value is -4.05. The fraction of sp³-hybridized carbons (Fsp3) is 0.103. The van der Waals surface area contributed by atoms with E-state index in [1.165, 1.54) is 6.08 Å². The van der Waals surface area contributed by atoms with E-state index < -0.39 is 18.1 Å². The first-order valence-electron chi connectivity index (χ1n) is 11.6. The maximum atomic E-state index is 13.0. The van der Waals surface area contributed by atoms with Crippen LogP contribution >= 0.6 is 22.6 Å². The molecule has 0 radical (unpaired) electrons. The molecule has 0 saturated carbocycles. The van der Waals surface area contributed by atoms with E-state index in [1.54, 1.807) is 61.5 Å². The molecule has 2 amide bonds. The molecule has 188 valence electrons. The summed E-state index contributed by atoms with van der Waals surface area (Å²) in [5, 5.41) is 18.0. The second kappa shape index (κ2) is 11.8. The van der Waals surface area contributed by atoms with Crippen molar-refractivity contribution >= 4 is 62.4 Å². The van der Waals surface area contributed by atoms with Gasteiger partial charge in [-0.1, -0.05) is 61.5 Å². The number of rotatable bonds is 7. The lowest BCUT2D eigenvalue weighted by Crippen LogP contribution is -2.22. The monoisotopic (exact) mass is 607 g/mol. The van der Waals surface area contributed by atoms with Crippen LogP contribution in [0, 0.1) is 9.49 Å². The summed E-state index contributed by atoms with van der Waals surface area (Å²) >= 11 is 2.13. The first kappa shape index (κ1) is 26.0. The van der Waals surface area contributed by atoms with Gasteiger partial charge < -0.3 is 20.9 Å². The number of amides is 2. The molecular weight excluding hydrogens is 581 g/mol. The molecule has 7 nitrogen and oxygen atoms in total. The fourth-order valence-corrected chi connectivity index (χ4v) is 4.44. The Kier molecular flexibility index (Phi) is 8.29. The summed E-state index contributed by atoms with van der Waals surface area (Å²) in [4.78, 5) is 25.5. The van der Waals surface area contributed by atoms with E-state index in [1.807, 2.05) is 36.4 Å². The highest BCUT2D eigenvalue weighted by molar-refractivity contribution is 14.1. The molecule has 0 aliphatic heterocycles. The summed E-state index contributed by atoms with van der Waals surface area (Å²) in [6, 6.07) is 25.3. The van der Waals surface area contributed by atoms with Crippen molar-refractivity contribution in [3.05, 3.63) is 106 Å². The van der Waals surface area contributed by atoms with E-state index in [2.05, 4.69) is 33.2 Å². The summed E-state index contributed by atoms with van der Waals surface area (Å²) in [5.41, 5.74) is 7.90. The van der Waals surface area contributed by atoms with E-state index >= 15 is 0 Å². The number of hydrogen-bond acceptors (Lipinski definition) is 5. The number of para-hydroxylation sites is 2. The average molecular weight is 607 g/mol. The number of carbonyl (C=O) groups excluding carboxylic acids is 2. The van der Waals surface area contributed by atoms with E-state index in [9.17, 15) is 14.7 Å². The smallest absolute Gasteiger partial charge is 0.412 e. The van der Waals surface area contributed by atoms with Gasteiger partial charge in [-0.05, 0) is 70.5 Å². The van der Waals surface area contributed by atoms with Gasteiger partial charge in [0.25, 0.3) is 0 Å². The summed E-state index contributed by atoms with van der Waals surface area (Å²) in [5.74, 6) is -0.845. The highest BCUT2D eigenvalue weighted by Gasteiger charge is 2.26. The second-order valence-electron chi connectivity index (χ2n) is 8.48. The number of halogens is 1. The molecule has 0 saturated heterocycles. The molecule has 4 aromatic carbocycles. The van der Waals surface area contributed by atoms with Crippen LogP contribution in [0.5, 0.6) is 5.75 Å². The van der Waals surface area contributed by atoms with Gasteiger partial charge in [0.2, 0.25) is 5.91 Å². The Balaban J connectivity index is 1.55. The standard InChI is InChI=1S/C29H26IN3O4/c1-18(13-16-27(35)32-25-11-5-4-10-23(25)31)28(22-17-20(30)14-15-26(22)34)37-29(36)33-24-12-6-8-19-7-2-3-9-21(19)24/h2-18,28,34H,31H2,1H3,(H,32,35)(H,33,36)/b16-13+/t18-,28+/m0/s1. The van der Waals surface area contributed by atoms with Crippen molar-refractivity contribution in [2.75, 3.05) is 16.4 Å². The Morgan fingerprint density at radius 3 is 2.46 bits per heavy atom. The minimum absolute atomic E-state index is 0.00913. The maximum Gasteiger partial charge on any atom is 0.412 e. The predicted octanol–water partition coefficient (Wildman–Crippen LogP) is 6.85. The van der Waals surface area contributed by atoms with Gasteiger partial charge in [-0.2, -0.15) is 0 Å². The van der Waals surface area contributed by atoms with E-state index in [0.29, 0.717) is 22.6 Å². The van der Waals surface area contributed by atoms with Crippen LogP contribution in [0.1, 0.15) is 18.6 Å². The molecule has 0 aromatic heterocycles. The third kappa shape index (κ3) is 6.59. The lowest BCUT2D eigenvalue weighted by atomic mass is 9.96. The van der Waals surface area contributed by atoms with Gasteiger partial charge in [0.15, 0.2) is 0 Å². The fourth-order valence-electron chi connectivity index (χ4n) is 3.92. The quantitative estimate of drug-likeness (QED) is 0.104. The van der Waals surface area contributed by atoms with Crippen molar-refractivity contribution in [2.24, 2.45) is 5.92 Å². The Morgan fingerprint density at radius 1 is 0.946 bits per heavy atom. The Bertz CT molecular complexity index is 1470. The normalized spacial score (nSPS) is 12.7. The lowest BCUT2D eigenvalue weighted by Gasteiger charge is -2.24. The first-order chi connectivity index (χ1) is 17.8. The topological polar surface area (TPSA) is 114 Å². The molecule has 0 unspecified atom stereocenters. The molecule has 0 spiro atoms. The maximum absolute atomic E-state index is 13.0. The van der Waals surface area contributed by atoms with Gasteiger partial charge in [0.1, 0.15) is 11.9 Å². The first-order valence-corrected chi connectivity index (χ1v) is 12.7. The Labute approximate surface area is 228 Å². The zero-order chi connectivity index (χ0) is 26.4. The molecule has 0 fully saturated rings. The van der Waals surface area contributed by atoms with Crippen molar-refractivity contribution < 1.29 is 19.4 Å². The third-order valence-corrected chi connectivity index (χ3v) is 6.47. The number of nitrogens with one attached hydrogen (secondary N) is 2. The SMILES string of the molecule is C[C@@H](/C=C/C(=O)Nc1ccccc1N)[C@@H](OC(=O)Nc1cccc2ccccc12)c1cc(I)ccc1O. The molecule has 0 aliphatic carbocycles. The molecular formula is C29H26IN3O4. The predicted molar refractivity (Wildman–Crippen MR) is 155 cm³/mol. The number of phenols is 1. The molecule has 0 bridgehead atoms. The van der Waals surface area contributed by atoms with Gasteiger partial charge in [0.05, 0.1) is 17.1 Å². The van der Waals surface area contributed by atoms with Crippen LogP contribution in [0.15, 0.2) is 97.1 Å². The lowest BCUT2D eigenvalue weighted by molar-refractivity contribution is -0.111. The van der Waals surface area contributed by atoms with E-state index in [4.69, 9.17) is 10.5 Å². The molecule has 5 N–H and O–H groups in total. The molecule has 8 heteroatoms. The molecule has 0 heterocycles. The molecule has 4 rings (SSSR count). The van der Waals surface area contributed by atoms with Gasteiger partial charge >= 0.3 is 6.09 Å². The van der Waals surface area contributed by atoms with Gasteiger partial charge in [-0.15, -0.1) is 0 Å². The molecule has 2 atom stereocenters. The van der Waals surface area contributed by atoms with Crippen molar-refractivity contribution in [2.45, 2.75) is 13.0 Å². The van der Waals surface area contributed by atoms with Gasteiger partial charge in [-0.3, -0.25) is 10.1 Å². The molecule has 4 aromatic rings. The van der Waals surface area contributed by atoms with Crippen molar-refractivity contribution in [1.82, 2.24) is 0 Å². The van der Waals surface area contributed by atoms with Crippen molar-refractivity contribution in [3.8, 4) is 5.75 Å². The van der Waals surface area contributed by atoms with Crippen LogP contribution in [0.3, 0.4) is 0 Å². The number of carbonyl (C=O) groups is 2. The number of ether oxygens (including phenoxy) is 1. The van der Waals surface area contributed by atoms with E-state index in [-0.39, 0.29) is 11.7 Å². The highest BCUT2D eigenvalue weighted by Crippen LogP contribution is 2.35. The van der Waals surface area contributed by atoms with Crippen LogP contribution in [0.25, 0.3) is 10.8 Å². The number of hydrogen-bond donors (Lipinski definition) is 4. The minimum Gasteiger partial charge on any atom is -0.508 e. The van der Waals surface area contributed by atoms with Gasteiger partial charge in [0, 0.05) is 20.4 Å². The number of nitrogens with two attached hydrogens (primary N) is 1. The van der Waals surface area contributed by atoms with Gasteiger partial charge in [-0.25, -0.2) is 4.79 Å². The number of nitrogen functional groups attached to an aromatic ring is 1. The summed E-state index contributed by atoms with van der Waals surface area (Å²) in [6.07, 6.45) is 1.45. The minimum atomic E-state index is -0.865. The number of aromatic hydroxyl groups is 1. The van der Waals surface area contributed by atoms with Crippen LogP contribution in [0.2, 0.25) is 0 Å². The number of benzene rings is 4. The van der Waals surface area contributed by atoms with Crippen LogP contribution in [0.4, 0.5) is 21.9 Å². The number of fused-ring (bicyclic) bond motifs is 1. The van der Waals surface area contributed by atoms with Crippen LogP contribution in [-0.2, 0) is 9.53 Å². The second-order valence-corrected chi connectivity index (χ2v) is 9.72. The van der Waals surface area contributed by atoms with Crippen molar-refractivity contribution in [3.63, 3.8) is 0 Å². The summed E-state index contributed by atoms with van der Waals surface area (Å²) < 4.78 is 6.70. The molecule has 37 heavy (non-hydrogen) atoms. The zero-order valence-corrected chi connectivity index (χ0v) is 22.2. The summed E-state index contributed by atoms with van der Waals surface area (Å²) in [7, 11) is 0. The highest BCUT2D eigenvalue weighted by atomic mass is 127. The third-order valence-electron chi connectivity index (χ3n) is 5.80.